The summed E-state index contributed by atoms with van der Waals surface area (Å²) in [6.45, 7) is 4.83. The van der Waals surface area contributed by atoms with E-state index < -0.39 is 0 Å². The molecule has 0 heterocycles. The van der Waals surface area contributed by atoms with Gasteiger partial charge in [-0.05, 0) is 29.7 Å². The van der Waals surface area contributed by atoms with Gasteiger partial charge in [-0.25, -0.2) is 0 Å². The van der Waals surface area contributed by atoms with E-state index in [-0.39, 0.29) is 18.2 Å². The Hall–Kier alpha value is -2.33. The Morgan fingerprint density at radius 1 is 1.04 bits per heavy atom. The van der Waals surface area contributed by atoms with E-state index in [4.69, 9.17) is 11.6 Å². The summed E-state index contributed by atoms with van der Waals surface area (Å²) in [6, 6.07) is 15.4. The van der Waals surface area contributed by atoms with Crippen LogP contribution in [0.4, 0.5) is 0 Å². The second-order valence-corrected chi connectivity index (χ2v) is 6.39. The topological polar surface area (TPSA) is 49.4 Å². The molecule has 2 rings (SSSR count). The van der Waals surface area contributed by atoms with E-state index >= 15 is 0 Å². The van der Waals surface area contributed by atoms with Crippen molar-refractivity contribution in [1.82, 2.24) is 10.2 Å². The molecular weight excluding hydrogens is 336 g/mol. The van der Waals surface area contributed by atoms with E-state index in [1.807, 2.05) is 49.4 Å². The molecule has 2 aromatic rings. The molecule has 25 heavy (non-hydrogen) atoms. The monoisotopic (exact) mass is 358 g/mol. The lowest BCUT2D eigenvalue weighted by molar-refractivity contribution is -0.130. The van der Waals surface area contributed by atoms with Gasteiger partial charge in [0.25, 0.3) is 0 Å². The van der Waals surface area contributed by atoms with Gasteiger partial charge >= 0.3 is 0 Å². The van der Waals surface area contributed by atoms with Crippen LogP contribution in [0.15, 0.2) is 48.5 Å². The molecule has 0 aromatic heterocycles. The maximum atomic E-state index is 12.1. The summed E-state index contributed by atoms with van der Waals surface area (Å²) in [7, 11) is 0. The molecule has 0 aliphatic heterocycles. The first-order valence-corrected chi connectivity index (χ1v) is 8.65. The number of rotatable bonds is 7. The maximum Gasteiger partial charge on any atom is 0.222 e. The number of aryl methyl sites for hydroxylation is 1. The van der Waals surface area contributed by atoms with E-state index in [1.54, 1.807) is 11.0 Å². The lowest BCUT2D eigenvalue weighted by Crippen LogP contribution is -2.33. The van der Waals surface area contributed by atoms with Crippen molar-refractivity contribution in [2.45, 2.75) is 33.4 Å². The van der Waals surface area contributed by atoms with E-state index in [0.717, 1.165) is 16.7 Å². The number of nitrogens with one attached hydrogen (secondary N) is 1. The summed E-state index contributed by atoms with van der Waals surface area (Å²) < 4.78 is 0. The van der Waals surface area contributed by atoms with Gasteiger partial charge in [-0.15, -0.1) is 0 Å². The van der Waals surface area contributed by atoms with Gasteiger partial charge in [-0.2, -0.15) is 0 Å². The quantitative estimate of drug-likeness (QED) is 0.820. The van der Waals surface area contributed by atoms with Crippen molar-refractivity contribution in [2.75, 3.05) is 6.54 Å². The molecule has 0 aliphatic rings. The Kier molecular flexibility index (Phi) is 7.02. The van der Waals surface area contributed by atoms with Gasteiger partial charge in [0.15, 0.2) is 0 Å². The van der Waals surface area contributed by atoms with Crippen molar-refractivity contribution in [3.05, 3.63) is 70.2 Å². The highest BCUT2D eigenvalue weighted by Gasteiger charge is 2.13. The normalized spacial score (nSPS) is 10.4. The molecule has 1 N–H and O–H groups in total. The van der Waals surface area contributed by atoms with Crippen LogP contribution in [0.3, 0.4) is 0 Å². The molecule has 0 aliphatic carbocycles. The second-order valence-electron chi connectivity index (χ2n) is 5.99. The lowest BCUT2D eigenvalue weighted by atomic mass is 10.1. The Bertz CT molecular complexity index is 746. The fourth-order valence-electron chi connectivity index (χ4n) is 2.50. The van der Waals surface area contributed by atoms with E-state index in [9.17, 15) is 9.59 Å². The summed E-state index contributed by atoms with van der Waals surface area (Å²) in [5.41, 5.74) is 3.10. The number of benzene rings is 2. The Morgan fingerprint density at radius 3 is 2.32 bits per heavy atom. The number of amides is 2. The number of hydrogen-bond acceptors (Lipinski definition) is 2. The molecule has 0 saturated carbocycles. The minimum Gasteiger partial charge on any atom is -0.352 e. The molecule has 4 nitrogen and oxygen atoms in total. The predicted octanol–water partition coefficient (Wildman–Crippen LogP) is 3.70. The second kappa shape index (κ2) is 9.23. The highest BCUT2D eigenvalue weighted by molar-refractivity contribution is 6.31. The van der Waals surface area contributed by atoms with E-state index in [1.165, 1.54) is 6.92 Å². The Balaban J connectivity index is 1.86. The molecule has 2 aromatic carbocycles. The number of nitrogens with zero attached hydrogens (tertiary/aromatic N) is 1. The van der Waals surface area contributed by atoms with Crippen LogP contribution in [0, 0.1) is 6.92 Å². The lowest BCUT2D eigenvalue weighted by Gasteiger charge is -2.22. The largest absolute Gasteiger partial charge is 0.352 e. The smallest absolute Gasteiger partial charge is 0.222 e. The fourth-order valence-corrected chi connectivity index (χ4v) is 2.70. The summed E-state index contributed by atoms with van der Waals surface area (Å²) in [5, 5.41) is 3.48. The summed E-state index contributed by atoms with van der Waals surface area (Å²) in [6.07, 6.45) is 0.260. The average Bonchev–Trinajstić information content (AvgIpc) is 2.59. The number of carbonyl (C=O) groups excluding carboxylic acids is 2. The maximum absolute atomic E-state index is 12.1. The van der Waals surface area contributed by atoms with Gasteiger partial charge in [0.1, 0.15) is 0 Å². The first-order valence-electron chi connectivity index (χ1n) is 8.27. The highest BCUT2D eigenvalue weighted by Crippen LogP contribution is 2.14. The SMILES string of the molecule is CC(=O)N(CCC(=O)NCc1ccccc1Cl)Cc1ccccc1C. The average molecular weight is 359 g/mol. The van der Waals surface area contributed by atoms with Crippen LogP contribution in [-0.4, -0.2) is 23.3 Å². The first kappa shape index (κ1) is 19.0. The molecule has 0 unspecified atom stereocenters. The van der Waals surface area contributed by atoms with Crippen molar-refractivity contribution in [1.29, 1.82) is 0 Å². The highest BCUT2D eigenvalue weighted by atomic mass is 35.5. The molecule has 0 radical (unpaired) electrons. The van der Waals surface area contributed by atoms with Crippen molar-refractivity contribution >= 4 is 23.4 Å². The van der Waals surface area contributed by atoms with Gasteiger partial charge in [-0.3, -0.25) is 9.59 Å². The third kappa shape index (κ3) is 5.91. The number of halogens is 1. The third-order valence-electron chi connectivity index (χ3n) is 4.11. The molecule has 0 bridgehead atoms. The van der Waals surface area contributed by atoms with Gasteiger partial charge in [0, 0.05) is 38.0 Å². The van der Waals surface area contributed by atoms with Gasteiger partial charge < -0.3 is 10.2 Å². The van der Waals surface area contributed by atoms with Crippen molar-refractivity contribution in [3.8, 4) is 0 Å². The molecule has 0 fully saturated rings. The van der Waals surface area contributed by atoms with Gasteiger partial charge in [-0.1, -0.05) is 54.1 Å². The molecular formula is C20H23ClN2O2. The molecule has 0 saturated heterocycles. The van der Waals surface area contributed by atoms with E-state index in [2.05, 4.69) is 5.32 Å². The summed E-state index contributed by atoms with van der Waals surface area (Å²) in [4.78, 5) is 25.6. The van der Waals surface area contributed by atoms with Crippen LogP contribution in [0.2, 0.25) is 5.02 Å². The Morgan fingerprint density at radius 2 is 1.68 bits per heavy atom. The van der Waals surface area contributed by atoms with Crippen LogP contribution < -0.4 is 5.32 Å². The first-order chi connectivity index (χ1) is 12.0. The van der Waals surface area contributed by atoms with Crippen molar-refractivity contribution in [3.63, 3.8) is 0 Å². The van der Waals surface area contributed by atoms with Gasteiger partial charge in [0.2, 0.25) is 11.8 Å². The molecule has 0 spiro atoms. The minimum absolute atomic E-state index is 0.0397. The van der Waals surface area contributed by atoms with Crippen LogP contribution in [0.25, 0.3) is 0 Å². The number of carbonyl (C=O) groups is 2. The summed E-state index contributed by atoms with van der Waals surface area (Å²) in [5.74, 6) is -0.141. The fraction of sp³-hybridized carbons (Fsp3) is 0.300. The predicted molar refractivity (Wildman–Crippen MR) is 100 cm³/mol. The van der Waals surface area contributed by atoms with Gasteiger partial charge in [0.05, 0.1) is 0 Å². The summed E-state index contributed by atoms with van der Waals surface area (Å²) >= 11 is 6.08. The van der Waals surface area contributed by atoms with Crippen LogP contribution in [0.1, 0.15) is 30.0 Å². The van der Waals surface area contributed by atoms with E-state index in [0.29, 0.717) is 24.7 Å². The zero-order chi connectivity index (χ0) is 18.2. The van der Waals surface area contributed by atoms with Crippen molar-refractivity contribution in [2.24, 2.45) is 0 Å². The number of hydrogen-bond donors (Lipinski definition) is 1. The van der Waals surface area contributed by atoms with Crippen molar-refractivity contribution < 1.29 is 9.59 Å². The van der Waals surface area contributed by atoms with Crippen LogP contribution in [0.5, 0.6) is 0 Å². The van der Waals surface area contributed by atoms with Crippen LogP contribution >= 0.6 is 11.6 Å². The third-order valence-corrected chi connectivity index (χ3v) is 4.48. The molecule has 5 heteroatoms. The molecule has 132 valence electrons. The zero-order valence-electron chi connectivity index (χ0n) is 14.6. The zero-order valence-corrected chi connectivity index (χ0v) is 15.3. The van der Waals surface area contributed by atoms with Crippen LogP contribution in [-0.2, 0) is 22.7 Å². The molecule has 0 atom stereocenters. The minimum atomic E-state index is -0.101. The Labute approximate surface area is 153 Å². The molecule has 2 amide bonds. The standard InChI is InChI=1S/C20H23ClN2O2/c1-15-7-3-4-9-18(15)14-23(16(2)24)12-11-20(25)22-13-17-8-5-6-10-19(17)21/h3-10H,11-14H2,1-2H3,(H,22,25).